The number of benzene rings is 3. The maximum Gasteiger partial charge on any atom is 0.408 e. The second-order valence-electron chi connectivity index (χ2n) is 13.8. The maximum atomic E-state index is 14.4. The predicted octanol–water partition coefficient (Wildman–Crippen LogP) is 5.97. The average Bonchev–Trinajstić information content (AvgIpc) is 2.99. The molecule has 3 aromatic rings. The van der Waals surface area contributed by atoms with E-state index >= 15 is 0 Å². The lowest BCUT2D eigenvalue weighted by Crippen LogP contribution is -2.54. The smallest absolute Gasteiger partial charge is 0.408 e. The topological polar surface area (TPSA) is 114 Å². The van der Waals surface area contributed by atoms with Gasteiger partial charge in [-0.25, -0.2) is 9.59 Å². The third-order valence-corrected chi connectivity index (χ3v) is 7.29. The normalized spacial score (nSPS) is 13.2. The van der Waals surface area contributed by atoms with Crippen molar-refractivity contribution in [2.75, 3.05) is 0 Å². The molecule has 3 rings (SSSR count). The molecule has 0 spiro atoms. The SMILES string of the molecule is C#CN(C(=O)C(Cc1ccccc1)NC(=O)OC(C)(C)C)C(C(=O)NC(Cc1ccccc1)C(=O)OC(C)(C)C)c1ccc(C)c(C)c1. The number of amides is 3. The number of rotatable bonds is 11. The second-order valence-corrected chi connectivity index (χ2v) is 13.8. The lowest BCUT2D eigenvalue weighted by Gasteiger charge is -2.32. The van der Waals surface area contributed by atoms with Gasteiger partial charge in [-0.15, -0.1) is 0 Å². The van der Waals surface area contributed by atoms with Gasteiger partial charge >= 0.3 is 12.1 Å². The fourth-order valence-electron chi connectivity index (χ4n) is 4.95. The van der Waals surface area contributed by atoms with Crippen LogP contribution in [-0.2, 0) is 36.7 Å². The minimum absolute atomic E-state index is 0.0763. The Morgan fingerprint density at radius 2 is 1.25 bits per heavy atom. The molecule has 0 saturated carbocycles. The summed E-state index contributed by atoms with van der Waals surface area (Å²) in [5, 5.41) is 5.50. The molecule has 0 saturated heterocycles. The minimum Gasteiger partial charge on any atom is -0.458 e. The number of nitrogens with zero attached hydrogens (tertiary/aromatic N) is 1. The highest BCUT2D eigenvalue weighted by atomic mass is 16.6. The molecular weight excluding hydrogens is 606 g/mol. The molecule has 9 heteroatoms. The van der Waals surface area contributed by atoms with Crippen LogP contribution in [0.1, 0.15) is 75.4 Å². The van der Waals surface area contributed by atoms with E-state index in [1.54, 1.807) is 53.7 Å². The summed E-state index contributed by atoms with van der Waals surface area (Å²) in [6, 6.07) is 22.4. The largest absolute Gasteiger partial charge is 0.458 e. The maximum absolute atomic E-state index is 14.4. The van der Waals surface area contributed by atoms with Gasteiger partial charge in [0.25, 0.3) is 5.91 Å². The molecule has 3 atom stereocenters. The van der Waals surface area contributed by atoms with Crippen LogP contribution in [0.4, 0.5) is 4.79 Å². The van der Waals surface area contributed by atoms with Crippen LogP contribution in [0.3, 0.4) is 0 Å². The number of ether oxygens (including phenoxy) is 2. The van der Waals surface area contributed by atoms with E-state index in [9.17, 15) is 19.2 Å². The Morgan fingerprint density at radius 3 is 1.73 bits per heavy atom. The highest BCUT2D eigenvalue weighted by Crippen LogP contribution is 2.26. The van der Waals surface area contributed by atoms with E-state index in [0.717, 1.165) is 27.2 Å². The first kappa shape index (κ1) is 37.4. The van der Waals surface area contributed by atoms with E-state index in [2.05, 4.69) is 16.7 Å². The van der Waals surface area contributed by atoms with Crippen molar-refractivity contribution >= 4 is 23.9 Å². The van der Waals surface area contributed by atoms with E-state index in [1.165, 1.54) is 0 Å². The predicted molar refractivity (Wildman–Crippen MR) is 186 cm³/mol. The fourth-order valence-corrected chi connectivity index (χ4v) is 4.95. The summed E-state index contributed by atoms with van der Waals surface area (Å²) in [6.07, 6.45) is 5.42. The Hall–Kier alpha value is -5.10. The van der Waals surface area contributed by atoms with Crippen molar-refractivity contribution in [3.63, 3.8) is 0 Å². The third-order valence-electron chi connectivity index (χ3n) is 7.29. The molecule has 0 radical (unpaired) electrons. The van der Waals surface area contributed by atoms with Gasteiger partial charge in [-0.05, 0) is 83.2 Å². The van der Waals surface area contributed by atoms with Gasteiger partial charge in [0.15, 0.2) is 0 Å². The summed E-state index contributed by atoms with van der Waals surface area (Å²) in [6.45, 7) is 14.2. The molecule has 0 aliphatic heterocycles. The lowest BCUT2D eigenvalue weighted by molar-refractivity contribution is -0.159. The van der Waals surface area contributed by atoms with Crippen LogP contribution in [0.2, 0.25) is 0 Å². The number of carbonyl (C=O) groups is 4. The Labute approximate surface area is 284 Å². The zero-order chi connectivity index (χ0) is 35.6. The molecule has 0 aliphatic rings. The number of esters is 1. The van der Waals surface area contributed by atoms with Gasteiger partial charge in [0.2, 0.25) is 5.91 Å². The molecule has 3 aromatic carbocycles. The van der Waals surface area contributed by atoms with Crippen LogP contribution in [0, 0.1) is 26.3 Å². The van der Waals surface area contributed by atoms with E-state index in [0.29, 0.717) is 5.56 Å². The Kier molecular flexibility index (Phi) is 12.6. The quantitative estimate of drug-likeness (QED) is 0.150. The van der Waals surface area contributed by atoms with Crippen LogP contribution in [0.25, 0.3) is 0 Å². The number of hydrogen-bond acceptors (Lipinski definition) is 6. The van der Waals surface area contributed by atoms with Crippen molar-refractivity contribution in [2.24, 2.45) is 0 Å². The summed E-state index contributed by atoms with van der Waals surface area (Å²) in [4.78, 5) is 56.2. The lowest BCUT2D eigenvalue weighted by atomic mass is 9.97. The van der Waals surface area contributed by atoms with Crippen LogP contribution in [0.15, 0.2) is 78.9 Å². The number of terminal acetylenes is 1. The molecule has 0 aromatic heterocycles. The number of alkyl carbamates (subject to hydrolysis) is 1. The fraction of sp³-hybridized carbons (Fsp3) is 0.385. The first-order valence-corrected chi connectivity index (χ1v) is 15.9. The van der Waals surface area contributed by atoms with E-state index < -0.39 is 53.2 Å². The van der Waals surface area contributed by atoms with Crippen molar-refractivity contribution in [2.45, 2.75) is 97.6 Å². The summed E-state index contributed by atoms with van der Waals surface area (Å²) >= 11 is 0. The molecule has 0 fully saturated rings. The van der Waals surface area contributed by atoms with Crippen molar-refractivity contribution < 1.29 is 28.7 Å². The Morgan fingerprint density at radius 1 is 0.729 bits per heavy atom. The van der Waals surface area contributed by atoms with Crippen molar-refractivity contribution in [1.82, 2.24) is 15.5 Å². The number of nitrogens with one attached hydrogen (secondary N) is 2. The van der Waals surface area contributed by atoms with E-state index in [1.807, 2.05) is 80.6 Å². The third kappa shape index (κ3) is 11.3. The molecule has 254 valence electrons. The van der Waals surface area contributed by atoms with Crippen LogP contribution < -0.4 is 10.6 Å². The molecule has 2 N–H and O–H groups in total. The monoisotopic (exact) mass is 653 g/mol. The molecular formula is C39H47N3O6. The summed E-state index contributed by atoms with van der Waals surface area (Å²) < 4.78 is 11.1. The van der Waals surface area contributed by atoms with Crippen LogP contribution in [-0.4, -0.2) is 52.1 Å². The van der Waals surface area contributed by atoms with Gasteiger partial charge in [-0.3, -0.25) is 14.5 Å². The Bertz CT molecular complexity index is 1620. The van der Waals surface area contributed by atoms with Crippen molar-refractivity contribution in [3.8, 4) is 12.5 Å². The highest BCUT2D eigenvalue weighted by molar-refractivity contribution is 5.95. The van der Waals surface area contributed by atoms with Gasteiger partial charge in [0.05, 0.1) is 0 Å². The zero-order valence-electron chi connectivity index (χ0n) is 29.1. The number of carbonyl (C=O) groups excluding carboxylic acids is 4. The molecule has 3 unspecified atom stereocenters. The van der Waals surface area contributed by atoms with Crippen molar-refractivity contribution in [1.29, 1.82) is 0 Å². The summed E-state index contributed by atoms with van der Waals surface area (Å²) in [5.41, 5.74) is 2.18. The molecule has 0 aliphatic carbocycles. The molecule has 48 heavy (non-hydrogen) atoms. The van der Waals surface area contributed by atoms with E-state index in [-0.39, 0.29) is 12.8 Å². The van der Waals surface area contributed by atoms with Gasteiger partial charge < -0.3 is 20.1 Å². The summed E-state index contributed by atoms with van der Waals surface area (Å²) in [7, 11) is 0. The zero-order valence-corrected chi connectivity index (χ0v) is 29.1. The highest BCUT2D eigenvalue weighted by Gasteiger charge is 2.38. The van der Waals surface area contributed by atoms with Crippen LogP contribution in [0.5, 0.6) is 0 Å². The van der Waals surface area contributed by atoms with Gasteiger partial charge in [0.1, 0.15) is 29.3 Å². The van der Waals surface area contributed by atoms with Gasteiger partial charge in [-0.1, -0.05) is 85.3 Å². The van der Waals surface area contributed by atoms with Crippen molar-refractivity contribution in [3.05, 3.63) is 107 Å². The van der Waals surface area contributed by atoms with Crippen LogP contribution >= 0.6 is 0 Å². The minimum atomic E-state index is -1.36. The van der Waals surface area contributed by atoms with Gasteiger partial charge in [-0.2, -0.15) is 0 Å². The van der Waals surface area contributed by atoms with E-state index in [4.69, 9.17) is 15.9 Å². The second kappa shape index (κ2) is 16.1. The first-order chi connectivity index (χ1) is 22.5. The standard InChI is InChI=1S/C39H47N3O6/c1-10-42(35(44)31(24-28-17-13-11-14-18-28)41-37(46)48-39(7,8)9)33(30-22-21-26(2)27(3)23-30)34(43)40-32(36(45)47-38(4,5)6)25-29-19-15-12-16-20-29/h1,11-23,31-33H,24-25H2,2-9H3,(H,40,43)(H,41,46). The number of hydrogen-bond donors (Lipinski definition) is 2. The van der Waals surface area contributed by atoms with Gasteiger partial charge in [0, 0.05) is 18.9 Å². The first-order valence-electron chi connectivity index (χ1n) is 15.9. The molecule has 9 nitrogen and oxygen atoms in total. The number of aryl methyl sites for hydroxylation is 2. The average molecular weight is 654 g/mol. The summed E-state index contributed by atoms with van der Waals surface area (Å²) in [5.74, 6) is -2.03. The molecule has 3 amide bonds. The molecule has 0 heterocycles. The molecule has 0 bridgehead atoms. The Balaban J connectivity index is 2.07.